The maximum absolute atomic E-state index is 13.1. The number of carboxylic acids is 1. The van der Waals surface area contributed by atoms with Gasteiger partial charge in [0.15, 0.2) is 0 Å². The van der Waals surface area contributed by atoms with Crippen LogP contribution in [-0.4, -0.2) is 22.6 Å². The number of aliphatic carboxylic acids is 1. The normalized spacial score (nSPS) is 12.1. The Kier molecular flexibility index (Phi) is 8.12. The molecule has 4 nitrogen and oxygen atoms in total. The average molecular weight is 499 g/mol. The van der Waals surface area contributed by atoms with Crippen LogP contribution in [0, 0.1) is 5.92 Å². The molecule has 3 aromatic rings. The summed E-state index contributed by atoms with van der Waals surface area (Å²) in [5.74, 6) is -0.000444. The molecule has 2 aromatic carbocycles. The quantitative estimate of drug-likeness (QED) is 0.343. The van der Waals surface area contributed by atoms with E-state index in [-0.39, 0.29) is 11.8 Å². The SMILES string of the molecule is CC(C)CCN(c1ccc(C(C)(C)C)cc1)c1cc(CC(=O)O)cc(-c2ccc(C(F)(F)F)cc2)n1. The summed E-state index contributed by atoms with van der Waals surface area (Å²) in [7, 11) is 0. The molecule has 0 bridgehead atoms. The number of alkyl halides is 3. The number of hydrogen-bond donors (Lipinski definition) is 1. The zero-order valence-electron chi connectivity index (χ0n) is 21.4. The highest BCUT2D eigenvalue weighted by Gasteiger charge is 2.30. The highest BCUT2D eigenvalue weighted by atomic mass is 19.4. The Balaban J connectivity index is 2.10. The lowest BCUT2D eigenvalue weighted by Gasteiger charge is -2.27. The van der Waals surface area contributed by atoms with Gasteiger partial charge < -0.3 is 10.0 Å². The van der Waals surface area contributed by atoms with Gasteiger partial charge in [0.2, 0.25) is 0 Å². The lowest BCUT2D eigenvalue weighted by molar-refractivity contribution is -0.138. The van der Waals surface area contributed by atoms with Crippen molar-refractivity contribution in [3.05, 3.63) is 77.4 Å². The number of halogens is 3. The standard InChI is InChI=1S/C29H33F3N2O2/c1-19(2)14-15-34(24-12-10-22(11-13-24)28(3,4)5)26-17-20(18-27(35)36)16-25(33-26)21-6-8-23(9-7-21)29(30,31)32/h6-13,16-17,19H,14-15,18H2,1-5H3,(H,35,36). The van der Waals surface area contributed by atoms with E-state index in [9.17, 15) is 23.1 Å². The first-order chi connectivity index (χ1) is 16.7. The molecule has 1 aromatic heterocycles. The molecule has 0 radical (unpaired) electrons. The lowest BCUT2D eigenvalue weighted by Crippen LogP contribution is -2.22. The number of aromatic nitrogens is 1. The van der Waals surface area contributed by atoms with Crippen LogP contribution in [0.3, 0.4) is 0 Å². The van der Waals surface area contributed by atoms with E-state index in [2.05, 4.69) is 46.8 Å². The van der Waals surface area contributed by atoms with Crippen LogP contribution >= 0.6 is 0 Å². The number of anilines is 2. The van der Waals surface area contributed by atoms with Crippen LogP contribution in [0.5, 0.6) is 0 Å². The Bertz CT molecular complexity index is 1180. The summed E-state index contributed by atoms with van der Waals surface area (Å²) in [6, 6.07) is 16.4. The topological polar surface area (TPSA) is 53.4 Å². The van der Waals surface area contributed by atoms with Crippen molar-refractivity contribution >= 4 is 17.5 Å². The Morgan fingerprint density at radius 2 is 1.53 bits per heavy atom. The maximum Gasteiger partial charge on any atom is 0.416 e. The van der Waals surface area contributed by atoms with Crippen molar-refractivity contribution in [1.82, 2.24) is 4.98 Å². The van der Waals surface area contributed by atoms with E-state index >= 15 is 0 Å². The fourth-order valence-corrected chi connectivity index (χ4v) is 3.87. The largest absolute Gasteiger partial charge is 0.481 e. The van der Waals surface area contributed by atoms with E-state index in [0.717, 1.165) is 24.2 Å². The van der Waals surface area contributed by atoms with Gasteiger partial charge in [0.25, 0.3) is 0 Å². The van der Waals surface area contributed by atoms with Crippen LogP contribution < -0.4 is 4.90 Å². The number of pyridine rings is 1. The third kappa shape index (κ3) is 7.09. The predicted octanol–water partition coefficient (Wildman–Crippen LogP) is 7.88. The molecule has 0 saturated heterocycles. The fourth-order valence-electron chi connectivity index (χ4n) is 3.87. The van der Waals surface area contributed by atoms with Crippen LogP contribution in [0.25, 0.3) is 11.3 Å². The molecule has 1 N–H and O–H groups in total. The van der Waals surface area contributed by atoms with Gasteiger partial charge in [0.1, 0.15) is 5.82 Å². The highest BCUT2D eigenvalue weighted by Crippen LogP contribution is 2.33. The second kappa shape index (κ2) is 10.7. The number of carboxylic acid groups (broad SMARTS) is 1. The van der Waals surface area contributed by atoms with Crippen molar-refractivity contribution in [3.8, 4) is 11.3 Å². The molecule has 1 heterocycles. The number of rotatable bonds is 8. The molecular formula is C29H33F3N2O2. The number of carbonyl (C=O) groups is 1. The van der Waals surface area contributed by atoms with E-state index in [1.54, 1.807) is 12.1 Å². The minimum Gasteiger partial charge on any atom is -0.481 e. The van der Waals surface area contributed by atoms with E-state index in [0.29, 0.717) is 35.1 Å². The molecule has 0 saturated carbocycles. The van der Waals surface area contributed by atoms with Gasteiger partial charge >= 0.3 is 12.1 Å². The third-order valence-corrected chi connectivity index (χ3v) is 5.99. The molecule has 192 valence electrons. The number of benzene rings is 2. The van der Waals surface area contributed by atoms with Gasteiger partial charge in [0, 0.05) is 17.8 Å². The third-order valence-electron chi connectivity index (χ3n) is 5.99. The van der Waals surface area contributed by atoms with E-state index in [1.807, 2.05) is 17.0 Å². The van der Waals surface area contributed by atoms with Crippen LogP contribution in [0.15, 0.2) is 60.7 Å². The van der Waals surface area contributed by atoms with Gasteiger partial charge in [-0.2, -0.15) is 13.2 Å². The van der Waals surface area contributed by atoms with Gasteiger partial charge in [0.05, 0.1) is 17.7 Å². The summed E-state index contributed by atoms with van der Waals surface area (Å²) >= 11 is 0. The zero-order valence-corrected chi connectivity index (χ0v) is 21.4. The predicted molar refractivity (Wildman–Crippen MR) is 138 cm³/mol. The molecule has 0 aliphatic rings. The van der Waals surface area contributed by atoms with Crippen molar-refractivity contribution in [3.63, 3.8) is 0 Å². The first-order valence-corrected chi connectivity index (χ1v) is 12.0. The van der Waals surface area contributed by atoms with Crippen molar-refractivity contribution in [2.75, 3.05) is 11.4 Å². The minimum absolute atomic E-state index is 0.00328. The Hall–Kier alpha value is -3.35. The van der Waals surface area contributed by atoms with Crippen LogP contribution in [0.2, 0.25) is 0 Å². The first-order valence-electron chi connectivity index (χ1n) is 12.0. The Morgan fingerprint density at radius 3 is 2.03 bits per heavy atom. The zero-order chi connectivity index (χ0) is 26.7. The molecule has 0 atom stereocenters. The highest BCUT2D eigenvalue weighted by molar-refractivity contribution is 5.73. The average Bonchev–Trinajstić information content (AvgIpc) is 2.78. The van der Waals surface area contributed by atoms with Crippen LogP contribution in [0.1, 0.15) is 57.7 Å². The Morgan fingerprint density at radius 1 is 0.944 bits per heavy atom. The summed E-state index contributed by atoms with van der Waals surface area (Å²) in [5, 5.41) is 9.42. The van der Waals surface area contributed by atoms with Gasteiger partial charge in [-0.1, -0.05) is 58.9 Å². The molecule has 0 aliphatic carbocycles. The van der Waals surface area contributed by atoms with Crippen molar-refractivity contribution in [1.29, 1.82) is 0 Å². The molecule has 7 heteroatoms. The molecule has 0 amide bonds. The van der Waals surface area contributed by atoms with Gasteiger partial charge in [-0.25, -0.2) is 4.98 Å². The summed E-state index contributed by atoms with van der Waals surface area (Å²) < 4.78 is 39.2. The van der Waals surface area contributed by atoms with Crippen LogP contribution in [0.4, 0.5) is 24.7 Å². The molecule has 0 aliphatic heterocycles. The lowest BCUT2D eigenvalue weighted by atomic mass is 9.87. The molecule has 0 fully saturated rings. The van der Waals surface area contributed by atoms with Gasteiger partial charge in [-0.05, 0) is 65.3 Å². The van der Waals surface area contributed by atoms with Gasteiger partial charge in [-0.3, -0.25) is 4.79 Å². The summed E-state index contributed by atoms with van der Waals surface area (Å²) in [6.45, 7) is 11.3. The van der Waals surface area contributed by atoms with Crippen molar-refractivity contribution < 1.29 is 23.1 Å². The summed E-state index contributed by atoms with van der Waals surface area (Å²) in [5.41, 5.74) is 2.81. The minimum atomic E-state index is -4.44. The van der Waals surface area contributed by atoms with Gasteiger partial charge in [-0.15, -0.1) is 0 Å². The Labute approximate surface area is 210 Å². The molecule has 3 rings (SSSR count). The first kappa shape index (κ1) is 27.2. The smallest absolute Gasteiger partial charge is 0.416 e. The summed E-state index contributed by atoms with van der Waals surface area (Å²) in [4.78, 5) is 18.3. The molecule has 36 heavy (non-hydrogen) atoms. The molecule has 0 spiro atoms. The monoisotopic (exact) mass is 498 g/mol. The fraction of sp³-hybridized carbons (Fsp3) is 0.379. The maximum atomic E-state index is 13.1. The summed E-state index contributed by atoms with van der Waals surface area (Å²) in [6.07, 6.45) is -3.78. The number of hydrogen-bond acceptors (Lipinski definition) is 3. The molecule has 0 unspecified atom stereocenters. The number of nitrogens with zero attached hydrogens (tertiary/aromatic N) is 2. The van der Waals surface area contributed by atoms with E-state index in [4.69, 9.17) is 4.98 Å². The van der Waals surface area contributed by atoms with Crippen molar-refractivity contribution in [2.24, 2.45) is 5.92 Å². The van der Waals surface area contributed by atoms with Crippen molar-refractivity contribution in [2.45, 2.75) is 59.1 Å². The van der Waals surface area contributed by atoms with E-state index in [1.165, 1.54) is 17.7 Å². The molecular weight excluding hydrogens is 465 g/mol. The van der Waals surface area contributed by atoms with E-state index < -0.39 is 17.7 Å². The second-order valence-corrected chi connectivity index (χ2v) is 10.5. The van der Waals surface area contributed by atoms with Crippen LogP contribution in [-0.2, 0) is 22.8 Å². The second-order valence-electron chi connectivity index (χ2n) is 10.5.